The normalized spacial score (nSPS) is 11.3. The fourth-order valence-electron chi connectivity index (χ4n) is 1.57. The predicted octanol–water partition coefficient (Wildman–Crippen LogP) is 4.11. The van der Waals surface area contributed by atoms with Crippen molar-refractivity contribution in [3.63, 3.8) is 0 Å². The van der Waals surface area contributed by atoms with Gasteiger partial charge in [-0.1, -0.05) is 17.8 Å². The SMILES string of the molecule is O=C(CSc1ccc(C(F)(F)F)cn1)Nc1c(F)cccc1F. The maximum absolute atomic E-state index is 13.3. The molecule has 0 saturated carbocycles. The first-order valence-electron chi connectivity index (χ1n) is 6.17. The molecular formula is C14H9F5N2OS. The van der Waals surface area contributed by atoms with Crippen molar-refractivity contribution < 1.29 is 26.7 Å². The molecule has 2 rings (SSSR count). The van der Waals surface area contributed by atoms with Gasteiger partial charge in [0.2, 0.25) is 5.91 Å². The van der Waals surface area contributed by atoms with E-state index in [1.165, 1.54) is 0 Å². The number of carbonyl (C=O) groups is 1. The number of para-hydroxylation sites is 1. The van der Waals surface area contributed by atoms with Crippen LogP contribution in [-0.2, 0) is 11.0 Å². The van der Waals surface area contributed by atoms with Crippen LogP contribution >= 0.6 is 11.8 Å². The summed E-state index contributed by atoms with van der Waals surface area (Å²) >= 11 is 0.843. The molecule has 0 radical (unpaired) electrons. The van der Waals surface area contributed by atoms with Gasteiger partial charge in [0.15, 0.2) is 0 Å². The van der Waals surface area contributed by atoms with Crippen LogP contribution in [0.1, 0.15) is 5.56 Å². The molecule has 1 heterocycles. The van der Waals surface area contributed by atoms with Crippen LogP contribution in [0.15, 0.2) is 41.6 Å². The summed E-state index contributed by atoms with van der Waals surface area (Å²) in [6.07, 6.45) is -3.84. The van der Waals surface area contributed by atoms with Crippen molar-refractivity contribution in [1.82, 2.24) is 4.98 Å². The van der Waals surface area contributed by atoms with Crippen LogP contribution in [0.4, 0.5) is 27.6 Å². The quantitative estimate of drug-likeness (QED) is 0.668. The Labute approximate surface area is 131 Å². The highest BCUT2D eigenvalue weighted by atomic mass is 32.2. The molecule has 1 amide bonds. The zero-order valence-corrected chi connectivity index (χ0v) is 12.1. The van der Waals surface area contributed by atoms with Crippen molar-refractivity contribution in [1.29, 1.82) is 0 Å². The number of amides is 1. The Bertz CT molecular complexity index is 683. The maximum Gasteiger partial charge on any atom is 0.417 e. The first-order chi connectivity index (χ1) is 10.8. The topological polar surface area (TPSA) is 42.0 Å². The van der Waals surface area contributed by atoms with Gasteiger partial charge >= 0.3 is 6.18 Å². The number of alkyl halides is 3. The van der Waals surface area contributed by atoms with Gasteiger partial charge in [0.25, 0.3) is 0 Å². The molecule has 0 unspecified atom stereocenters. The third kappa shape index (κ3) is 4.65. The van der Waals surface area contributed by atoms with Gasteiger partial charge in [-0.05, 0) is 24.3 Å². The third-order valence-electron chi connectivity index (χ3n) is 2.64. The molecule has 23 heavy (non-hydrogen) atoms. The van der Waals surface area contributed by atoms with Gasteiger partial charge < -0.3 is 5.32 Å². The Morgan fingerprint density at radius 1 is 1.13 bits per heavy atom. The predicted molar refractivity (Wildman–Crippen MR) is 75.0 cm³/mol. The first kappa shape index (κ1) is 17.2. The maximum atomic E-state index is 13.3. The van der Waals surface area contributed by atoms with E-state index < -0.39 is 35.0 Å². The number of pyridine rings is 1. The van der Waals surface area contributed by atoms with Gasteiger partial charge in [-0.15, -0.1) is 0 Å². The number of nitrogens with one attached hydrogen (secondary N) is 1. The van der Waals surface area contributed by atoms with Crippen molar-refractivity contribution >= 4 is 23.4 Å². The van der Waals surface area contributed by atoms with E-state index in [2.05, 4.69) is 10.3 Å². The van der Waals surface area contributed by atoms with Crippen molar-refractivity contribution in [3.8, 4) is 0 Å². The number of aromatic nitrogens is 1. The minimum Gasteiger partial charge on any atom is -0.320 e. The number of hydrogen-bond donors (Lipinski definition) is 1. The Morgan fingerprint density at radius 3 is 2.30 bits per heavy atom. The van der Waals surface area contributed by atoms with E-state index in [1.54, 1.807) is 0 Å². The van der Waals surface area contributed by atoms with Crippen LogP contribution in [0.3, 0.4) is 0 Å². The zero-order valence-electron chi connectivity index (χ0n) is 11.3. The molecule has 1 N–H and O–H groups in total. The molecule has 2 aromatic rings. The van der Waals surface area contributed by atoms with Crippen molar-refractivity contribution in [2.45, 2.75) is 11.2 Å². The molecule has 0 aliphatic heterocycles. The van der Waals surface area contributed by atoms with Crippen LogP contribution in [-0.4, -0.2) is 16.6 Å². The second-order valence-corrected chi connectivity index (χ2v) is 5.31. The van der Waals surface area contributed by atoms with E-state index in [0.717, 1.165) is 42.1 Å². The van der Waals surface area contributed by atoms with E-state index in [0.29, 0.717) is 6.20 Å². The number of carbonyl (C=O) groups excluding carboxylic acids is 1. The van der Waals surface area contributed by atoms with Crippen LogP contribution in [0.5, 0.6) is 0 Å². The van der Waals surface area contributed by atoms with Gasteiger partial charge in [-0.25, -0.2) is 13.8 Å². The lowest BCUT2D eigenvalue weighted by molar-refractivity contribution is -0.137. The molecule has 1 aromatic carbocycles. The Morgan fingerprint density at radius 2 is 1.78 bits per heavy atom. The smallest absolute Gasteiger partial charge is 0.320 e. The molecule has 3 nitrogen and oxygen atoms in total. The second kappa shape index (κ2) is 6.95. The van der Waals surface area contributed by atoms with Gasteiger partial charge in [0.05, 0.1) is 16.3 Å². The number of rotatable bonds is 4. The number of anilines is 1. The molecule has 122 valence electrons. The van der Waals surface area contributed by atoms with Crippen molar-refractivity contribution in [2.24, 2.45) is 0 Å². The molecule has 0 atom stereocenters. The molecule has 0 spiro atoms. The summed E-state index contributed by atoms with van der Waals surface area (Å²) in [6, 6.07) is 5.09. The Balaban J connectivity index is 1.94. The van der Waals surface area contributed by atoms with E-state index >= 15 is 0 Å². The molecule has 9 heteroatoms. The minimum atomic E-state index is -4.49. The minimum absolute atomic E-state index is 0.183. The van der Waals surface area contributed by atoms with Crippen molar-refractivity contribution in [2.75, 3.05) is 11.1 Å². The molecule has 1 aromatic heterocycles. The largest absolute Gasteiger partial charge is 0.417 e. The summed E-state index contributed by atoms with van der Waals surface area (Å²) in [4.78, 5) is 15.2. The highest BCUT2D eigenvalue weighted by Crippen LogP contribution is 2.29. The summed E-state index contributed by atoms with van der Waals surface area (Å²) in [5.41, 5.74) is -1.47. The Hall–Kier alpha value is -2.16. The molecule has 0 saturated heterocycles. The number of hydrogen-bond acceptors (Lipinski definition) is 3. The highest BCUT2D eigenvalue weighted by molar-refractivity contribution is 7.99. The van der Waals surface area contributed by atoms with E-state index in [4.69, 9.17) is 0 Å². The lowest BCUT2D eigenvalue weighted by atomic mass is 10.3. The van der Waals surface area contributed by atoms with Crippen LogP contribution < -0.4 is 5.32 Å². The first-order valence-corrected chi connectivity index (χ1v) is 7.16. The fourth-order valence-corrected chi connectivity index (χ4v) is 2.21. The molecule has 0 aliphatic carbocycles. The van der Waals surface area contributed by atoms with E-state index in [9.17, 15) is 26.7 Å². The number of benzene rings is 1. The summed E-state index contributed by atoms with van der Waals surface area (Å²) < 4.78 is 63.8. The third-order valence-corrected chi connectivity index (χ3v) is 3.59. The Kier molecular flexibility index (Phi) is 5.19. The summed E-state index contributed by atoms with van der Waals surface area (Å²) in [7, 11) is 0. The van der Waals surface area contributed by atoms with Crippen molar-refractivity contribution in [3.05, 3.63) is 53.7 Å². The second-order valence-electron chi connectivity index (χ2n) is 4.32. The van der Waals surface area contributed by atoms with Crippen LogP contribution in [0.2, 0.25) is 0 Å². The average Bonchev–Trinajstić information content (AvgIpc) is 2.48. The highest BCUT2D eigenvalue weighted by Gasteiger charge is 2.30. The van der Waals surface area contributed by atoms with E-state index in [-0.39, 0.29) is 10.8 Å². The number of thioether (sulfide) groups is 1. The summed E-state index contributed by atoms with van der Waals surface area (Å²) in [6.45, 7) is 0. The molecule has 0 fully saturated rings. The van der Waals surface area contributed by atoms with Gasteiger partial charge in [-0.2, -0.15) is 13.2 Å². The fraction of sp³-hybridized carbons (Fsp3) is 0.143. The molecule has 0 aliphatic rings. The van der Waals surface area contributed by atoms with Crippen LogP contribution in [0, 0.1) is 11.6 Å². The van der Waals surface area contributed by atoms with Crippen LogP contribution in [0.25, 0.3) is 0 Å². The summed E-state index contributed by atoms with van der Waals surface area (Å²) in [5.74, 6) is -2.81. The van der Waals surface area contributed by atoms with Gasteiger partial charge in [-0.3, -0.25) is 4.79 Å². The monoisotopic (exact) mass is 348 g/mol. The number of nitrogens with zero attached hydrogens (tertiary/aromatic N) is 1. The molecular weight excluding hydrogens is 339 g/mol. The molecule has 0 bridgehead atoms. The standard InChI is InChI=1S/C14H9F5N2OS/c15-9-2-1-3-10(16)13(9)21-11(22)7-23-12-5-4-8(6-20-12)14(17,18)19/h1-6H,7H2,(H,21,22). The van der Waals surface area contributed by atoms with E-state index in [1.807, 2.05) is 0 Å². The lowest BCUT2D eigenvalue weighted by Gasteiger charge is -2.08. The zero-order chi connectivity index (χ0) is 17.0. The van der Waals surface area contributed by atoms with Gasteiger partial charge in [0, 0.05) is 6.20 Å². The van der Waals surface area contributed by atoms with Gasteiger partial charge in [0.1, 0.15) is 17.3 Å². The lowest BCUT2D eigenvalue weighted by Crippen LogP contribution is -2.16. The average molecular weight is 348 g/mol. The number of halogens is 5. The summed E-state index contributed by atoms with van der Waals surface area (Å²) in [5, 5.41) is 2.25.